The van der Waals surface area contributed by atoms with Crippen molar-refractivity contribution in [3.05, 3.63) is 29.8 Å². The molecule has 3 N–H and O–H groups in total. The molecule has 1 aromatic rings. The highest BCUT2D eigenvalue weighted by molar-refractivity contribution is 5.79. The zero-order valence-electron chi connectivity index (χ0n) is 14.0. The highest BCUT2D eigenvalue weighted by atomic mass is 16.5. The van der Waals surface area contributed by atoms with Gasteiger partial charge in [-0.2, -0.15) is 0 Å². The molecule has 0 bridgehead atoms. The van der Waals surface area contributed by atoms with Gasteiger partial charge in [0.2, 0.25) is 0 Å². The number of rotatable bonds is 6. The van der Waals surface area contributed by atoms with Crippen LogP contribution in [0.1, 0.15) is 37.7 Å². The van der Waals surface area contributed by atoms with Gasteiger partial charge in [-0.3, -0.25) is 4.90 Å². The summed E-state index contributed by atoms with van der Waals surface area (Å²) < 4.78 is 5.39. The van der Waals surface area contributed by atoms with Crippen LogP contribution in [-0.2, 0) is 4.74 Å². The predicted octanol–water partition coefficient (Wildman–Crippen LogP) is 3.36. The van der Waals surface area contributed by atoms with E-state index in [1.54, 1.807) is 0 Å². The minimum absolute atomic E-state index is 0.852. The number of anilines is 2. The first-order chi connectivity index (χ1) is 11.3. The van der Waals surface area contributed by atoms with Crippen molar-refractivity contribution in [2.45, 2.75) is 32.1 Å². The van der Waals surface area contributed by atoms with E-state index in [0.29, 0.717) is 0 Å². The number of nitrogen functional groups attached to an aromatic ring is 1. The van der Waals surface area contributed by atoms with Crippen molar-refractivity contribution in [3.8, 4) is 0 Å². The molecular weight excluding hydrogens is 286 g/mol. The van der Waals surface area contributed by atoms with Gasteiger partial charge in [0.05, 0.1) is 13.2 Å². The van der Waals surface area contributed by atoms with E-state index in [4.69, 9.17) is 10.5 Å². The van der Waals surface area contributed by atoms with Crippen LogP contribution >= 0.6 is 0 Å². The molecule has 1 heterocycles. The molecule has 0 spiro atoms. The smallest absolute Gasteiger partial charge is 0.0594 e. The Labute approximate surface area is 139 Å². The maximum atomic E-state index is 6.01. The van der Waals surface area contributed by atoms with Gasteiger partial charge < -0.3 is 15.8 Å². The van der Waals surface area contributed by atoms with E-state index in [-0.39, 0.29) is 0 Å². The van der Waals surface area contributed by atoms with Crippen molar-refractivity contribution in [2.75, 3.05) is 50.4 Å². The second kappa shape index (κ2) is 8.37. The van der Waals surface area contributed by atoms with Gasteiger partial charge >= 0.3 is 0 Å². The van der Waals surface area contributed by atoms with Crippen LogP contribution in [0.4, 0.5) is 11.4 Å². The summed E-state index contributed by atoms with van der Waals surface area (Å²) in [4.78, 5) is 2.48. The number of nitrogens with one attached hydrogen (secondary N) is 1. The van der Waals surface area contributed by atoms with Crippen molar-refractivity contribution >= 4 is 16.9 Å². The summed E-state index contributed by atoms with van der Waals surface area (Å²) in [6, 6.07) is 6.26. The third-order valence-electron chi connectivity index (χ3n) is 4.75. The average molecular weight is 315 g/mol. The first kappa shape index (κ1) is 16.3. The lowest BCUT2D eigenvalue weighted by Crippen LogP contribution is -2.37. The third kappa shape index (κ3) is 4.72. The Morgan fingerprint density at radius 3 is 2.83 bits per heavy atom. The third-order valence-corrected chi connectivity index (χ3v) is 4.75. The molecular formula is C19H29N3O. The summed E-state index contributed by atoms with van der Waals surface area (Å²) in [5.74, 6) is 0. The Balaban J connectivity index is 1.55. The lowest BCUT2D eigenvalue weighted by Gasteiger charge is -2.26. The minimum atomic E-state index is 0.852. The Kier molecular flexibility index (Phi) is 5.94. The second-order valence-electron chi connectivity index (χ2n) is 6.51. The molecule has 4 heteroatoms. The number of nitrogens with zero attached hydrogens (tertiary/aromatic N) is 1. The topological polar surface area (TPSA) is 50.5 Å². The normalized spacial score (nSPS) is 19.4. The molecule has 0 unspecified atom stereocenters. The molecule has 0 aromatic heterocycles. The highest BCUT2D eigenvalue weighted by Gasteiger charge is 2.12. The number of nitrogens with two attached hydrogens (primary N) is 1. The van der Waals surface area contributed by atoms with E-state index in [1.165, 1.54) is 42.5 Å². The minimum Gasteiger partial charge on any atom is -0.399 e. The molecule has 1 aliphatic carbocycles. The fraction of sp³-hybridized carbons (Fsp3) is 0.579. The van der Waals surface area contributed by atoms with Crippen LogP contribution in [0.15, 0.2) is 24.3 Å². The van der Waals surface area contributed by atoms with Crippen molar-refractivity contribution in [1.82, 2.24) is 4.90 Å². The Bertz CT molecular complexity index is 535. The first-order valence-electron chi connectivity index (χ1n) is 8.96. The van der Waals surface area contributed by atoms with E-state index >= 15 is 0 Å². The largest absolute Gasteiger partial charge is 0.399 e. The zero-order chi connectivity index (χ0) is 15.9. The Hall–Kier alpha value is -1.52. The van der Waals surface area contributed by atoms with Crippen LogP contribution in [0.2, 0.25) is 0 Å². The molecule has 1 aromatic carbocycles. The number of hydrogen-bond acceptors (Lipinski definition) is 4. The van der Waals surface area contributed by atoms with Crippen LogP contribution in [0.25, 0.3) is 5.57 Å². The average Bonchev–Trinajstić information content (AvgIpc) is 2.61. The van der Waals surface area contributed by atoms with Crippen LogP contribution in [0.5, 0.6) is 0 Å². The Morgan fingerprint density at radius 1 is 1.17 bits per heavy atom. The van der Waals surface area contributed by atoms with Gasteiger partial charge in [-0.15, -0.1) is 0 Å². The molecule has 1 fully saturated rings. The summed E-state index contributed by atoms with van der Waals surface area (Å²) in [5.41, 5.74) is 10.9. The van der Waals surface area contributed by atoms with Gasteiger partial charge in [0.15, 0.2) is 0 Å². The quantitative estimate of drug-likeness (QED) is 0.624. The molecule has 0 saturated carbocycles. The van der Waals surface area contributed by atoms with Crippen molar-refractivity contribution in [2.24, 2.45) is 0 Å². The first-order valence-corrected chi connectivity index (χ1v) is 8.96. The molecule has 0 atom stereocenters. The van der Waals surface area contributed by atoms with Crippen LogP contribution in [0.3, 0.4) is 0 Å². The fourth-order valence-corrected chi connectivity index (χ4v) is 3.41. The van der Waals surface area contributed by atoms with E-state index in [9.17, 15) is 0 Å². The lowest BCUT2D eigenvalue weighted by molar-refractivity contribution is 0.0378. The van der Waals surface area contributed by atoms with Gasteiger partial charge in [0.1, 0.15) is 0 Å². The number of hydrogen-bond donors (Lipinski definition) is 2. The zero-order valence-corrected chi connectivity index (χ0v) is 14.0. The summed E-state index contributed by atoms with van der Waals surface area (Å²) >= 11 is 0. The molecule has 3 rings (SSSR count). The maximum Gasteiger partial charge on any atom is 0.0594 e. The van der Waals surface area contributed by atoms with Gasteiger partial charge in [-0.05, 0) is 62.4 Å². The molecule has 0 radical (unpaired) electrons. The van der Waals surface area contributed by atoms with Gasteiger partial charge in [0, 0.05) is 36.6 Å². The molecule has 1 aliphatic heterocycles. The van der Waals surface area contributed by atoms with Crippen molar-refractivity contribution in [3.63, 3.8) is 0 Å². The SMILES string of the molecule is Nc1ccc(NCCCN2CCOCC2)c(C2=CCCCC2)c1. The highest BCUT2D eigenvalue weighted by Crippen LogP contribution is 2.33. The van der Waals surface area contributed by atoms with Crippen LogP contribution in [-0.4, -0.2) is 44.3 Å². The summed E-state index contributed by atoms with van der Waals surface area (Å²) in [6.07, 6.45) is 8.51. The number of morpholine rings is 1. The predicted molar refractivity (Wildman–Crippen MR) is 97.7 cm³/mol. The lowest BCUT2D eigenvalue weighted by atomic mass is 9.92. The monoisotopic (exact) mass is 315 g/mol. The summed E-state index contributed by atoms with van der Waals surface area (Å²) in [6.45, 7) is 6.04. The second-order valence-corrected chi connectivity index (χ2v) is 6.51. The van der Waals surface area contributed by atoms with Gasteiger partial charge in [0.25, 0.3) is 0 Å². The molecule has 23 heavy (non-hydrogen) atoms. The number of ether oxygens (including phenoxy) is 1. The van der Waals surface area contributed by atoms with Gasteiger partial charge in [-0.25, -0.2) is 0 Å². The number of allylic oxidation sites excluding steroid dienone is 2. The summed E-state index contributed by atoms with van der Waals surface area (Å²) in [7, 11) is 0. The van der Waals surface area contributed by atoms with Crippen molar-refractivity contribution in [1.29, 1.82) is 0 Å². The molecule has 0 amide bonds. The fourth-order valence-electron chi connectivity index (χ4n) is 3.41. The van der Waals surface area contributed by atoms with E-state index in [2.05, 4.69) is 28.4 Å². The van der Waals surface area contributed by atoms with Crippen LogP contribution in [0, 0.1) is 0 Å². The van der Waals surface area contributed by atoms with Crippen LogP contribution < -0.4 is 11.1 Å². The molecule has 1 saturated heterocycles. The number of benzene rings is 1. The molecule has 4 nitrogen and oxygen atoms in total. The van der Waals surface area contributed by atoms with E-state index in [1.807, 2.05) is 6.07 Å². The summed E-state index contributed by atoms with van der Waals surface area (Å²) in [5, 5.41) is 3.62. The van der Waals surface area contributed by atoms with Gasteiger partial charge in [-0.1, -0.05) is 6.08 Å². The Morgan fingerprint density at radius 2 is 2.04 bits per heavy atom. The van der Waals surface area contributed by atoms with E-state index in [0.717, 1.165) is 51.5 Å². The molecule has 126 valence electrons. The van der Waals surface area contributed by atoms with Crippen molar-refractivity contribution < 1.29 is 4.74 Å². The molecule has 2 aliphatic rings. The van der Waals surface area contributed by atoms with E-state index < -0.39 is 0 Å². The standard InChI is InChI=1S/C19H29N3O/c20-17-7-8-19(18(15-17)16-5-2-1-3-6-16)21-9-4-10-22-11-13-23-14-12-22/h5,7-8,15,21H,1-4,6,9-14,20H2. The maximum absolute atomic E-state index is 6.01.